The molecule has 5 heterocycles. The molecule has 0 saturated heterocycles. The van der Waals surface area contributed by atoms with E-state index < -0.39 is 6.04 Å². The maximum atomic E-state index is 13.6. The number of para-hydroxylation sites is 1. The Balaban J connectivity index is 1.36. The average molecular weight is 507 g/mol. The van der Waals surface area contributed by atoms with Gasteiger partial charge in [0.25, 0.3) is 5.91 Å². The Hall–Kier alpha value is -4.22. The van der Waals surface area contributed by atoms with Crippen LogP contribution in [-0.2, 0) is 13.0 Å². The molecule has 0 aliphatic carbocycles. The second kappa shape index (κ2) is 9.34. The molecule has 2 atom stereocenters. The number of aromatic nitrogens is 5. The first-order valence-electron chi connectivity index (χ1n) is 12.3. The molecule has 5 aromatic rings. The van der Waals surface area contributed by atoms with E-state index in [1.165, 1.54) is 5.69 Å². The predicted octanol–water partition coefficient (Wildman–Crippen LogP) is 4.94. The van der Waals surface area contributed by atoms with Crippen molar-refractivity contribution in [3.05, 3.63) is 98.9 Å². The topological polar surface area (TPSA) is 88.5 Å². The van der Waals surface area contributed by atoms with Gasteiger partial charge in [0.2, 0.25) is 0 Å². The van der Waals surface area contributed by atoms with Gasteiger partial charge in [0.1, 0.15) is 17.4 Å². The fourth-order valence-electron chi connectivity index (χ4n) is 4.94. The van der Waals surface area contributed by atoms with Crippen molar-refractivity contribution in [3.63, 3.8) is 0 Å². The van der Waals surface area contributed by atoms with Gasteiger partial charge in [-0.2, -0.15) is 0 Å². The van der Waals surface area contributed by atoms with Crippen LogP contribution in [0.1, 0.15) is 62.4 Å². The quantitative estimate of drug-likeness (QED) is 0.338. The number of fused-ring (bicyclic) bond motifs is 2. The summed E-state index contributed by atoms with van der Waals surface area (Å²) in [7, 11) is 0. The number of nitrogens with zero attached hydrogens (tertiary/aromatic N) is 4. The number of imidazole rings is 1. The Kier molecular flexibility index (Phi) is 5.85. The first kappa shape index (κ1) is 23.2. The number of nitrogens with one attached hydrogen (secondary N) is 2. The molecule has 7 nitrogen and oxygen atoms in total. The molecule has 1 unspecified atom stereocenters. The van der Waals surface area contributed by atoms with Crippen LogP contribution < -0.4 is 5.32 Å². The molecule has 1 amide bonds. The van der Waals surface area contributed by atoms with Crippen molar-refractivity contribution >= 4 is 28.1 Å². The first-order valence-corrected chi connectivity index (χ1v) is 13.2. The molecule has 0 bridgehead atoms. The van der Waals surface area contributed by atoms with E-state index in [1.54, 1.807) is 22.9 Å². The van der Waals surface area contributed by atoms with Gasteiger partial charge in [-0.05, 0) is 61.8 Å². The van der Waals surface area contributed by atoms with Crippen molar-refractivity contribution in [2.75, 3.05) is 0 Å². The number of benzene rings is 1. The summed E-state index contributed by atoms with van der Waals surface area (Å²) in [6.07, 6.45) is 2.81. The lowest BCUT2D eigenvalue weighted by atomic mass is 10.0. The minimum atomic E-state index is -0.434. The van der Waals surface area contributed by atoms with E-state index in [9.17, 15) is 4.79 Å². The third-order valence-electron chi connectivity index (χ3n) is 6.70. The van der Waals surface area contributed by atoms with Gasteiger partial charge in [-0.1, -0.05) is 31.0 Å². The van der Waals surface area contributed by atoms with E-state index in [0.29, 0.717) is 11.6 Å². The third-order valence-corrected chi connectivity index (χ3v) is 7.45. The van der Waals surface area contributed by atoms with Gasteiger partial charge in [-0.25, -0.2) is 15.0 Å². The van der Waals surface area contributed by atoms with Crippen molar-refractivity contribution in [2.24, 2.45) is 5.92 Å². The summed E-state index contributed by atoms with van der Waals surface area (Å²) in [6, 6.07) is 13.4. The Morgan fingerprint density at radius 2 is 2.05 bits per heavy atom. The number of carbonyl (C=O) groups is 1. The van der Waals surface area contributed by atoms with Gasteiger partial charge >= 0.3 is 0 Å². The number of thiazole rings is 1. The summed E-state index contributed by atoms with van der Waals surface area (Å²) in [5.74, 6) is 6.52. The lowest BCUT2D eigenvalue weighted by Crippen LogP contribution is -2.31. The number of rotatable bonds is 4. The fraction of sp³-hybridized carbons (Fsp3) is 0.241. The number of pyridine rings is 1. The van der Waals surface area contributed by atoms with E-state index >= 15 is 0 Å². The van der Waals surface area contributed by atoms with Gasteiger partial charge in [0, 0.05) is 39.6 Å². The van der Waals surface area contributed by atoms with E-state index in [-0.39, 0.29) is 5.91 Å². The summed E-state index contributed by atoms with van der Waals surface area (Å²) in [4.78, 5) is 31.7. The maximum Gasteiger partial charge on any atom is 0.270 e. The highest BCUT2D eigenvalue weighted by Crippen LogP contribution is 2.31. The Morgan fingerprint density at radius 3 is 2.86 bits per heavy atom. The van der Waals surface area contributed by atoms with Crippen LogP contribution in [-0.4, -0.2) is 30.4 Å². The lowest BCUT2D eigenvalue weighted by Gasteiger charge is -2.18. The molecule has 6 rings (SSSR count). The van der Waals surface area contributed by atoms with Gasteiger partial charge in [0.15, 0.2) is 0 Å². The lowest BCUT2D eigenvalue weighted by molar-refractivity contribution is 0.0936. The van der Waals surface area contributed by atoms with E-state index in [4.69, 9.17) is 4.98 Å². The highest BCUT2D eigenvalue weighted by atomic mass is 32.1. The summed E-state index contributed by atoms with van der Waals surface area (Å²) in [6.45, 7) is 7.04. The Bertz CT molecular complexity index is 1670. The number of aryl methyl sites for hydroxylation is 2. The highest BCUT2D eigenvalue weighted by Gasteiger charge is 2.30. The van der Waals surface area contributed by atoms with Gasteiger partial charge < -0.3 is 14.9 Å². The van der Waals surface area contributed by atoms with Crippen LogP contribution >= 0.6 is 11.3 Å². The molecule has 0 fully saturated rings. The summed E-state index contributed by atoms with van der Waals surface area (Å²) >= 11 is 1.56. The molecular formula is C29H26N6OS. The SMILES string of the molecule is Cc1cc(C#Cc2ncsc2C)cc(C(=O)NC(c2cc3ccccc3[nH]2)c2ncn3c2C[C@@H](C)C3)n1. The summed E-state index contributed by atoms with van der Waals surface area (Å²) in [5, 5.41) is 4.31. The summed E-state index contributed by atoms with van der Waals surface area (Å²) < 4.78 is 2.20. The molecule has 184 valence electrons. The number of carbonyl (C=O) groups excluding carboxylic acids is 1. The van der Waals surface area contributed by atoms with Crippen LogP contribution in [0.3, 0.4) is 0 Å². The van der Waals surface area contributed by atoms with E-state index in [1.807, 2.05) is 44.4 Å². The monoisotopic (exact) mass is 506 g/mol. The first-order chi connectivity index (χ1) is 17.9. The number of amides is 1. The fourth-order valence-corrected chi connectivity index (χ4v) is 5.47. The smallest absolute Gasteiger partial charge is 0.270 e. The molecular weight excluding hydrogens is 480 g/mol. The van der Waals surface area contributed by atoms with Gasteiger partial charge in [0.05, 0.1) is 17.5 Å². The number of hydrogen-bond donors (Lipinski definition) is 2. The van der Waals surface area contributed by atoms with Gasteiger partial charge in [-0.15, -0.1) is 11.3 Å². The number of aromatic amines is 1. The van der Waals surface area contributed by atoms with Crippen molar-refractivity contribution in [1.29, 1.82) is 0 Å². The molecule has 0 radical (unpaired) electrons. The van der Waals surface area contributed by atoms with Crippen LogP contribution in [0.25, 0.3) is 10.9 Å². The zero-order chi connectivity index (χ0) is 25.5. The number of H-pyrrole nitrogens is 1. The van der Waals surface area contributed by atoms with Crippen molar-refractivity contribution in [3.8, 4) is 11.8 Å². The van der Waals surface area contributed by atoms with Crippen LogP contribution in [0.4, 0.5) is 0 Å². The van der Waals surface area contributed by atoms with E-state index in [2.05, 4.69) is 55.7 Å². The molecule has 37 heavy (non-hydrogen) atoms. The molecule has 1 aliphatic heterocycles. The average Bonchev–Trinajstić information content (AvgIpc) is 3.65. The largest absolute Gasteiger partial charge is 0.356 e. The summed E-state index contributed by atoms with van der Waals surface area (Å²) in [5.41, 5.74) is 8.27. The Morgan fingerprint density at radius 1 is 1.19 bits per heavy atom. The molecule has 1 aliphatic rings. The molecule has 2 N–H and O–H groups in total. The maximum absolute atomic E-state index is 13.6. The highest BCUT2D eigenvalue weighted by molar-refractivity contribution is 7.09. The standard InChI is InChI=1S/C29H26N6OS/c1-17-10-26-28(30-15-35(26)14-17)27(24-13-21-6-4-5-7-23(21)33-24)34-29(36)25-12-20(11-18(2)32-25)8-9-22-19(3)37-16-31-22/h4-7,11-13,15-17,27,33H,10,14H2,1-3H3,(H,34,36)/t17-,27?/m1/s1. The predicted molar refractivity (Wildman–Crippen MR) is 145 cm³/mol. The van der Waals surface area contributed by atoms with Crippen LogP contribution in [0.2, 0.25) is 0 Å². The van der Waals surface area contributed by atoms with Crippen LogP contribution in [0.5, 0.6) is 0 Å². The number of hydrogen-bond acceptors (Lipinski definition) is 5. The van der Waals surface area contributed by atoms with Crippen LogP contribution in [0.15, 0.2) is 54.3 Å². The van der Waals surface area contributed by atoms with Crippen molar-refractivity contribution in [2.45, 2.75) is 39.8 Å². The molecule has 0 saturated carbocycles. The zero-order valence-electron chi connectivity index (χ0n) is 20.9. The molecule has 0 spiro atoms. The minimum absolute atomic E-state index is 0.270. The van der Waals surface area contributed by atoms with E-state index in [0.717, 1.165) is 57.1 Å². The zero-order valence-corrected chi connectivity index (χ0v) is 21.7. The molecule has 1 aromatic carbocycles. The second-order valence-electron chi connectivity index (χ2n) is 9.65. The van der Waals surface area contributed by atoms with Crippen molar-refractivity contribution in [1.82, 2.24) is 29.8 Å². The molecule has 8 heteroatoms. The normalized spacial score (nSPS) is 15.3. The third kappa shape index (κ3) is 4.54. The molecule has 4 aromatic heterocycles. The van der Waals surface area contributed by atoms with Crippen LogP contribution in [0, 0.1) is 31.6 Å². The Labute approximate surface area is 219 Å². The second-order valence-corrected chi connectivity index (χ2v) is 10.7. The minimum Gasteiger partial charge on any atom is -0.356 e. The van der Waals surface area contributed by atoms with Gasteiger partial charge in [-0.3, -0.25) is 4.79 Å². The van der Waals surface area contributed by atoms with Crippen molar-refractivity contribution < 1.29 is 4.79 Å².